The van der Waals surface area contributed by atoms with Gasteiger partial charge >= 0.3 is 0 Å². The first-order valence-corrected chi connectivity index (χ1v) is 8.57. The third-order valence-electron chi connectivity index (χ3n) is 5.47. The second kappa shape index (κ2) is 6.00. The van der Waals surface area contributed by atoms with Crippen molar-refractivity contribution in [2.45, 2.75) is 63.3 Å². The van der Waals surface area contributed by atoms with Gasteiger partial charge in [0.1, 0.15) is 0 Å². The molecule has 2 aliphatic rings. The number of nitrogens with one attached hydrogen (secondary N) is 1. The SMILES string of the molecule is CC1CCCCC1NC(=O)C1(c2ccc(Cl)cc2)CCC1. The van der Waals surface area contributed by atoms with Gasteiger partial charge in [-0.3, -0.25) is 4.79 Å². The first-order chi connectivity index (χ1) is 10.1. The monoisotopic (exact) mass is 305 g/mol. The molecule has 1 amide bonds. The lowest BCUT2D eigenvalue weighted by molar-refractivity contribution is -0.131. The van der Waals surface area contributed by atoms with Gasteiger partial charge in [0.15, 0.2) is 0 Å². The summed E-state index contributed by atoms with van der Waals surface area (Å²) in [6.45, 7) is 2.26. The molecular weight excluding hydrogens is 282 g/mol. The van der Waals surface area contributed by atoms with Crippen LogP contribution in [0.5, 0.6) is 0 Å². The van der Waals surface area contributed by atoms with Gasteiger partial charge in [0.2, 0.25) is 5.91 Å². The fourth-order valence-corrected chi connectivity index (χ4v) is 3.91. The molecule has 0 radical (unpaired) electrons. The number of carbonyl (C=O) groups excluding carboxylic acids is 1. The number of carbonyl (C=O) groups is 1. The normalized spacial score (nSPS) is 27.7. The van der Waals surface area contributed by atoms with Crippen LogP contribution in [0.15, 0.2) is 24.3 Å². The topological polar surface area (TPSA) is 29.1 Å². The molecule has 3 rings (SSSR count). The summed E-state index contributed by atoms with van der Waals surface area (Å²) in [4.78, 5) is 12.9. The van der Waals surface area contributed by atoms with E-state index < -0.39 is 0 Å². The number of hydrogen-bond donors (Lipinski definition) is 1. The molecule has 1 N–H and O–H groups in total. The molecule has 2 saturated carbocycles. The van der Waals surface area contributed by atoms with Crippen LogP contribution >= 0.6 is 11.6 Å². The highest BCUT2D eigenvalue weighted by Crippen LogP contribution is 2.44. The van der Waals surface area contributed by atoms with E-state index in [0.29, 0.717) is 12.0 Å². The third-order valence-corrected chi connectivity index (χ3v) is 5.72. The Bertz CT molecular complexity index is 506. The Morgan fingerprint density at radius 2 is 1.81 bits per heavy atom. The molecular formula is C18H24ClNO. The summed E-state index contributed by atoms with van der Waals surface area (Å²) in [5.41, 5.74) is 0.820. The predicted octanol–water partition coefficient (Wildman–Crippen LogP) is 4.46. The number of halogens is 1. The summed E-state index contributed by atoms with van der Waals surface area (Å²) in [6.07, 6.45) is 7.96. The minimum atomic E-state index is -0.304. The Morgan fingerprint density at radius 3 is 2.38 bits per heavy atom. The molecule has 0 aromatic heterocycles. The van der Waals surface area contributed by atoms with E-state index in [1.54, 1.807) is 0 Å². The minimum absolute atomic E-state index is 0.231. The smallest absolute Gasteiger partial charge is 0.230 e. The van der Waals surface area contributed by atoms with Gasteiger partial charge < -0.3 is 5.32 Å². The van der Waals surface area contributed by atoms with Crippen molar-refractivity contribution in [3.05, 3.63) is 34.9 Å². The van der Waals surface area contributed by atoms with Crippen LogP contribution in [0.2, 0.25) is 5.02 Å². The van der Waals surface area contributed by atoms with Gasteiger partial charge in [0.05, 0.1) is 5.41 Å². The molecule has 2 atom stereocenters. The average molecular weight is 306 g/mol. The van der Waals surface area contributed by atoms with Gasteiger partial charge in [0.25, 0.3) is 0 Å². The van der Waals surface area contributed by atoms with Crippen LogP contribution < -0.4 is 5.32 Å². The fraction of sp³-hybridized carbons (Fsp3) is 0.611. The van der Waals surface area contributed by atoms with Crippen molar-refractivity contribution >= 4 is 17.5 Å². The van der Waals surface area contributed by atoms with Crippen molar-refractivity contribution in [3.63, 3.8) is 0 Å². The highest BCUT2D eigenvalue weighted by Gasteiger charge is 2.46. The van der Waals surface area contributed by atoms with Crippen LogP contribution in [0.4, 0.5) is 0 Å². The lowest BCUT2D eigenvalue weighted by Crippen LogP contribution is -2.53. The van der Waals surface area contributed by atoms with Gasteiger partial charge in [-0.15, -0.1) is 0 Å². The van der Waals surface area contributed by atoms with E-state index in [9.17, 15) is 4.79 Å². The van der Waals surface area contributed by atoms with Crippen LogP contribution in [0.25, 0.3) is 0 Å². The molecule has 2 unspecified atom stereocenters. The Kier molecular flexibility index (Phi) is 4.26. The maximum absolute atomic E-state index is 12.9. The first kappa shape index (κ1) is 14.9. The van der Waals surface area contributed by atoms with Crippen molar-refractivity contribution in [1.29, 1.82) is 0 Å². The summed E-state index contributed by atoms with van der Waals surface area (Å²) in [5, 5.41) is 4.08. The highest BCUT2D eigenvalue weighted by molar-refractivity contribution is 6.30. The molecule has 0 heterocycles. The molecule has 0 saturated heterocycles. The fourth-order valence-electron chi connectivity index (χ4n) is 3.78. The third kappa shape index (κ3) is 2.83. The van der Waals surface area contributed by atoms with Gasteiger partial charge in [-0.2, -0.15) is 0 Å². The molecule has 0 bridgehead atoms. The second-order valence-electron chi connectivity index (χ2n) is 6.78. The molecule has 1 aromatic rings. The standard InChI is InChI=1S/C18H24ClNO/c1-13-5-2-3-6-16(13)20-17(21)18(11-4-12-18)14-7-9-15(19)10-8-14/h7-10,13,16H,2-6,11-12H2,1H3,(H,20,21). The van der Waals surface area contributed by atoms with E-state index >= 15 is 0 Å². The van der Waals surface area contributed by atoms with Crippen LogP contribution in [0.3, 0.4) is 0 Å². The van der Waals surface area contributed by atoms with E-state index in [4.69, 9.17) is 11.6 Å². The minimum Gasteiger partial charge on any atom is -0.352 e. The average Bonchev–Trinajstić information content (AvgIpc) is 2.42. The summed E-state index contributed by atoms with van der Waals surface area (Å²) in [7, 11) is 0. The zero-order valence-electron chi connectivity index (χ0n) is 12.7. The van der Waals surface area contributed by atoms with Crippen LogP contribution in [0.1, 0.15) is 57.4 Å². The molecule has 0 spiro atoms. The Balaban J connectivity index is 1.76. The summed E-state index contributed by atoms with van der Waals surface area (Å²) in [5.74, 6) is 0.833. The highest BCUT2D eigenvalue weighted by atomic mass is 35.5. The van der Waals surface area contributed by atoms with Crippen molar-refractivity contribution in [2.75, 3.05) is 0 Å². The maximum Gasteiger partial charge on any atom is 0.230 e. The Labute approximate surface area is 132 Å². The summed E-state index contributed by atoms with van der Waals surface area (Å²) in [6, 6.07) is 8.19. The molecule has 3 heteroatoms. The zero-order valence-corrected chi connectivity index (χ0v) is 13.5. The zero-order chi connectivity index (χ0) is 14.9. The van der Waals surface area contributed by atoms with Crippen LogP contribution in [0, 0.1) is 5.92 Å². The van der Waals surface area contributed by atoms with Crippen molar-refractivity contribution in [3.8, 4) is 0 Å². The summed E-state index contributed by atoms with van der Waals surface area (Å²) < 4.78 is 0. The van der Waals surface area contributed by atoms with Crippen LogP contribution in [-0.2, 0) is 10.2 Å². The summed E-state index contributed by atoms with van der Waals surface area (Å²) >= 11 is 5.98. The van der Waals surface area contributed by atoms with E-state index in [1.807, 2.05) is 24.3 Å². The predicted molar refractivity (Wildman–Crippen MR) is 86.5 cm³/mol. The van der Waals surface area contributed by atoms with Crippen molar-refractivity contribution in [1.82, 2.24) is 5.32 Å². The Hall–Kier alpha value is -1.02. The molecule has 2 aliphatic carbocycles. The largest absolute Gasteiger partial charge is 0.352 e. The number of benzene rings is 1. The molecule has 114 valence electrons. The van der Waals surface area contributed by atoms with E-state index in [2.05, 4.69) is 12.2 Å². The number of rotatable bonds is 3. The van der Waals surface area contributed by atoms with Gasteiger partial charge in [0, 0.05) is 11.1 Å². The first-order valence-electron chi connectivity index (χ1n) is 8.19. The van der Waals surface area contributed by atoms with Crippen molar-refractivity contribution < 1.29 is 4.79 Å². The lowest BCUT2D eigenvalue weighted by atomic mass is 9.63. The van der Waals surface area contributed by atoms with E-state index in [1.165, 1.54) is 19.3 Å². The number of hydrogen-bond acceptors (Lipinski definition) is 1. The van der Waals surface area contributed by atoms with Gasteiger partial charge in [-0.1, -0.05) is 49.9 Å². The lowest BCUT2D eigenvalue weighted by Gasteiger charge is -2.43. The van der Waals surface area contributed by atoms with E-state index in [-0.39, 0.29) is 11.3 Å². The maximum atomic E-state index is 12.9. The number of amides is 1. The quantitative estimate of drug-likeness (QED) is 0.878. The second-order valence-corrected chi connectivity index (χ2v) is 7.22. The van der Waals surface area contributed by atoms with Crippen molar-refractivity contribution in [2.24, 2.45) is 5.92 Å². The van der Waals surface area contributed by atoms with Gasteiger partial charge in [-0.25, -0.2) is 0 Å². The molecule has 2 fully saturated rings. The van der Waals surface area contributed by atoms with E-state index in [0.717, 1.165) is 36.3 Å². The molecule has 0 aliphatic heterocycles. The Morgan fingerprint density at radius 1 is 1.14 bits per heavy atom. The van der Waals surface area contributed by atoms with Crippen LogP contribution in [-0.4, -0.2) is 11.9 Å². The molecule has 2 nitrogen and oxygen atoms in total. The molecule has 21 heavy (non-hydrogen) atoms. The van der Waals surface area contributed by atoms with Gasteiger partial charge in [-0.05, 0) is 49.3 Å². The molecule has 1 aromatic carbocycles.